The van der Waals surface area contributed by atoms with Crippen molar-refractivity contribution in [2.45, 2.75) is 44.1 Å². The molecule has 1 aliphatic carbocycles. The summed E-state index contributed by atoms with van der Waals surface area (Å²) in [6.07, 6.45) is 12.3. The van der Waals surface area contributed by atoms with Crippen LogP contribution in [0.25, 0.3) is 21.9 Å². The lowest BCUT2D eigenvalue weighted by Crippen LogP contribution is -2.41. The number of benzene rings is 1. The molecule has 6 nitrogen and oxygen atoms in total. The molecule has 4 aromatic rings. The van der Waals surface area contributed by atoms with Gasteiger partial charge in [0.2, 0.25) is 5.91 Å². The van der Waals surface area contributed by atoms with Gasteiger partial charge in [-0.1, -0.05) is 43.5 Å². The third kappa shape index (κ3) is 3.08. The van der Waals surface area contributed by atoms with Gasteiger partial charge >= 0.3 is 0 Å². The number of nitrogens with zero attached hydrogens (tertiary/aromatic N) is 5. The van der Waals surface area contributed by atoms with Crippen LogP contribution in [-0.2, 0) is 16.8 Å². The molecule has 0 radical (unpaired) electrons. The van der Waals surface area contributed by atoms with Gasteiger partial charge in [0.25, 0.3) is 0 Å². The van der Waals surface area contributed by atoms with E-state index in [4.69, 9.17) is 4.98 Å². The van der Waals surface area contributed by atoms with E-state index in [-0.39, 0.29) is 5.91 Å². The van der Waals surface area contributed by atoms with Crippen LogP contribution in [0.15, 0.2) is 67.3 Å². The summed E-state index contributed by atoms with van der Waals surface area (Å²) >= 11 is 0. The maximum Gasteiger partial charge on any atom is 0.238 e. The molecule has 1 aliphatic heterocycles. The average Bonchev–Trinajstić information content (AvgIpc) is 3.12. The largest absolute Gasteiger partial charge is 0.304 e. The van der Waals surface area contributed by atoms with Gasteiger partial charge in [-0.3, -0.25) is 14.8 Å². The minimum atomic E-state index is -0.441. The molecule has 1 spiro atoms. The van der Waals surface area contributed by atoms with Crippen LogP contribution in [0.4, 0.5) is 5.69 Å². The second kappa shape index (κ2) is 8.03. The lowest BCUT2D eigenvalue weighted by Gasteiger charge is -2.32. The minimum Gasteiger partial charge on any atom is -0.304 e. The Hall–Kier alpha value is -4.11. The lowest BCUT2D eigenvalue weighted by molar-refractivity contribution is -0.124. The molecule has 166 valence electrons. The van der Waals surface area contributed by atoms with Gasteiger partial charge in [-0.15, -0.1) is 0 Å². The van der Waals surface area contributed by atoms with Crippen molar-refractivity contribution in [3.63, 3.8) is 0 Å². The van der Waals surface area contributed by atoms with Crippen LogP contribution in [0.5, 0.6) is 0 Å². The summed E-state index contributed by atoms with van der Waals surface area (Å²) in [5.74, 6) is 0.161. The topological polar surface area (TPSA) is 82.8 Å². The maximum atomic E-state index is 14.0. The number of carbonyl (C=O) groups is 1. The zero-order chi connectivity index (χ0) is 23.1. The molecule has 2 aliphatic rings. The fourth-order valence-corrected chi connectivity index (χ4v) is 5.69. The SMILES string of the molecule is N#Cc1ccc(-c2c(CN3C(=O)C4(CCCCC4)c4ccncc43)ncc3ccccc23)cn1. The Labute approximate surface area is 197 Å². The highest BCUT2D eigenvalue weighted by atomic mass is 16.2. The van der Waals surface area contributed by atoms with E-state index in [0.29, 0.717) is 12.2 Å². The molecular formula is C28H23N5O. The molecule has 4 heterocycles. The van der Waals surface area contributed by atoms with Gasteiger partial charge in [0.05, 0.1) is 29.5 Å². The van der Waals surface area contributed by atoms with E-state index >= 15 is 0 Å². The van der Waals surface area contributed by atoms with E-state index in [2.05, 4.69) is 22.1 Å². The van der Waals surface area contributed by atoms with Gasteiger partial charge in [-0.05, 0) is 42.0 Å². The lowest BCUT2D eigenvalue weighted by atomic mass is 9.70. The van der Waals surface area contributed by atoms with E-state index in [9.17, 15) is 10.1 Å². The van der Waals surface area contributed by atoms with Gasteiger partial charge in [-0.2, -0.15) is 5.26 Å². The first-order chi connectivity index (χ1) is 16.7. The summed E-state index contributed by atoms with van der Waals surface area (Å²) < 4.78 is 0. The standard InChI is InChI=1S/C28H23N5O/c29-14-21-9-8-20(16-31-21)26-22-7-3-2-6-19(22)15-32-24(26)18-33-25-17-30-13-10-23(25)28(27(33)34)11-4-1-5-12-28/h2-3,6-10,13,15-17H,1,4-5,11-12,18H2. The zero-order valence-electron chi connectivity index (χ0n) is 18.7. The van der Waals surface area contributed by atoms with E-state index in [1.807, 2.05) is 47.6 Å². The predicted octanol–water partition coefficient (Wildman–Crippen LogP) is 5.31. The highest BCUT2D eigenvalue weighted by Crippen LogP contribution is 2.50. The quantitative estimate of drug-likeness (QED) is 0.427. The Kier molecular flexibility index (Phi) is 4.84. The Bertz CT molecular complexity index is 1450. The van der Waals surface area contributed by atoms with Crippen LogP contribution in [0.1, 0.15) is 49.1 Å². The maximum absolute atomic E-state index is 14.0. The van der Waals surface area contributed by atoms with Crippen LogP contribution in [0.2, 0.25) is 0 Å². The Morgan fingerprint density at radius 1 is 0.971 bits per heavy atom. The third-order valence-electron chi connectivity index (χ3n) is 7.32. The zero-order valence-corrected chi connectivity index (χ0v) is 18.7. The third-order valence-corrected chi connectivity index (χ3v) is 7.32. The Morgan fingerprint density at radius 2 is 1.82 bits per heavy atom. The molecule has 0 bridgehead atoms. The molecule has 1 saturated carbocycles. The molecule has 1 aromatic carbocycles. The van der Waals surface area contributed by atoms with Crippen LogP contribution < -0.4 is 4.90 Å². The molecular weight excluding hydrogens is 422 g/mol. The highest BCUT2D eigenvalue weighted by Gasteiger charge is 2.51. The summed E-state index contributed by atoms with van der Waals surface area (Å²) in [4.78, 5) is 29.3. The molecule has 0 saturated heterocycles. The number of hydrogen-bond acceptors (Lipinski definition) is 5. The molecule has 0 unspecified atom stereocenters. The molecule has 0 N–H and O–H groups in total. The number of nitriles is 1. The number of fused-ring (bicyclic) bond motifs is 3. The molecule has 6 rings (SSSR count). The molecule has 1 amide bonds. The fourth-order valence-electron chi connectivity index (χ4n) is 5.69. The van der Waals surface area contributed by atoms with Crippen molar-refractivity contribution >= 4 is 22.4 Å². The van der Waals surface area contributed by atoms with E-state index < -0.39 is 5.41 Å². The average molecular weight is 446 g/mol. The monoisotopic (exact) mass is 445 g/mol. The first kappa shape index (κ1) is 20.5. The van der Waals surface area contributed by atoms with Crippen LogP contribution in [0, 0.1) is 11.3 Å². The fraction of sp³-hybridized carbons (Fsp3) is 0.250. The Balaban J connectivity index is 1.49. The van der Waals surface area contributed by atoms with Crippen LogP contribution in [0.3, 0.4) is 0 Å². The normalized spacial score (nSPS) is 16.6. The molecule has 34 heavy (non-hydrogen) atoms. The van der Waals surface area contributed by atoms with Gasteiger partial charge in [-0.25, -0.2) is 4.98 Å². The molecule has 6 heteroatoms. The number of amides is 1. The highest BCUT2D eigenvalue weighted by molar-refractivity contribution is 6.08. The first-order valence-corrected chi connectivity index (χ1v) is 11.7. The van der Waals surface area contributed by atoms with Gasteiger partial charge < -0.3 is 4.90 Å². The molecule has 3 aromatic heterocycles. The second-order valence-corrected chi connectivity index (χ2v) is 9.14. The minimum absolute atomic E-state index is 0.161. The summed E-state index contributed by atoms with van der Waals surface area (Å²) in [5.41, 5.74) is 4.56. The van der Waals surface area contributed by atoms with Gasteiger partial charge in [0, 0.05) is 35.1 Å². The van der Waals surface area contributed by atoms with Crippen molar-refractivity contribution in [2.75, 3.05) is 4.90 Å². The van der Waals surface area contributed by atoms with Crippen molar-refractivity contribution in [3.8, 4) is 17.2 Å². The summed E-state index contributed by atoms with van der Waals surface area (Å²) in [5, 5.41) is 11.2. The summed E-state index contributed by atoms with van der Waals surface area (Å²) in [6.45, 7) is 0.361. The van der Waals surface area contributed by atoms with Crippen molar-refractivity contribution in [3.05, 3.63) is 84.2 Å². The van der Waals surface area contributed by atoms with Crippen molar-refractivity contribution in [1.29, 1.82) is 5.26 Å². The second-order valence-electron chi connectivity index (χ2n) is 9.14. The van der Waals surface area contributed by atoms with Crippen LogP contribution in [-0.4, -0.2) is 20.9 Å². The van der Waals surface area contributed by atoms with Crippen molar-refractivity contribution in [2.24, 2.45) is 0 Å². The number of carbonyl (C=O) groups excluding carboxylic acids is 1. The van der Waals surface area contributed by atoms with E-state index in [1.165, 1.54) is 6.42 Å². The molecule has 0 atom stereocenters. The number of rotatable bonds is 3. The number of pyridine rings is 3. The smallest absolute Gasteiger partial charge is 0.238 e. The van der Waals surface area contributed by atoms with E-state index in [0.717, 1.165) is 64.5 Å². The van der Waals surface area contributed by atoms with Gasteiger partial charge in [0.1, 0.15) is 11.8 Å². The van der Waals surface area contributed by atoms with Crippen LogP contribution >= 0.6 is 0 Å². The molecule has 1 fully saturated rings. The van der Waals surface area contributed by atoms with Crippen molar-refractivity contribution in [1.82, 2.24) is 15.0 Å². The van der Waals surface area contributed by atoms with Crippen molar-refractivity contribution < 1.29 is 4.79 Å². The van der Waals surface area contributed by atoms with Gasteiger partial charge in [0.15, 0.2) is 0 Å². The first-order valence-electron chi connectivity index (χ1n) is 11.7. The number of anilines is 1. The Morgan fingerprint density at radius 3 is 2.62 bits per heavy atom. The number of hydrogen-bond donors (Lipinski definition) is 0. The predicted molar refractivity (Wildman–Crippen MR) is 130 cm³/mol. The van der Waals surface area contributed by atoms with E-state index in [1.54, 1.807) is 18.5 Å². The summed E-state index contributed by atoms with van der Waals surface area (Å²) in [6, 6.07) is 15.8. The summed E-state index contributed by atoms with van der Waals surface area (Å²) in [7, 11) is 0. The number of aromatic nitrogens is 3.